The average Bonchev–Trinajstić information content (AvgIpc) is 3.25. The van der Waals surface area contributed by atoms with Crippen molar-refractivity contribution in [3.63, 3.8) is 0 Å². The fourth-order valence-electron chi connectivity index (χ4n) is 10.9. The zero-order chi connectivity index (χ0) is 27.6. The molecule has 5 rings (SSSR count). The van der Waals surface area contributed by atoms with Crippen molar-refractivity contribution in [2.75, 3.05) is 24.7 Å². The van der Waals surface area contributed by atoms with E-state index in [0.29, 0.717) is 16.7 Å². The van der Waals surface area contributed by atoms with E-state index in [1.807, 2.05) is 18.2 Å². The molecule has 0 saturated heterocycles. The molecule has 2 unspecified atom stereocenters. The predicted octanol–water partition coefficient (Wildman–Crippen LogP) is 9.29. The fraction of sp³-hybridized carbons (Fsp3) is 0.833. The number of benzene rings is 1. The van der Waals surface area contributed by atoms with Crippen LogP contribution in [0.4, 0.5) is 11.4 Å². The standard InChI is InChI=1S/C36H60N2O/c1-25(24-39-20-8-11-27-21-29(37)23-30(38)22-27)9-7-10-26(2)32-15-16-33-31-14-13-28-12-5-6-18-35(28,3)34(31)17-19-36(32,33)4/h21-23,25-26,28,31-34H,5-20,24,37-38H2,1-4H3/t25?,26-,28?,31+,32-,33+,34+,35+,36-/m1/s1. The molecule has 39 heavy (non-hydrogen) atoms. The average molecular weight is 537 g/mol. The Balaban J connectivity index is 1.03. The highest BCUT2D eigenvalue weighted by Gasteiger charge is 2.60. The molecule has 4 aliphatic carbocycles. The summed E-state index contributed by atoms with van der Waals surface area (Å²) >= 11 is 0. The van der Waals surface area contributed by atoms with Gasteiger partial charge in [-0.05, 0) is 147 Å². The van der Waals surface area contributed by atoms with Crippen LogP contribution in [-0.4, -0.2) is 13.2 Å². The number of nitrogens with two attached hydrogens (primary N) is 2. The van der Waals surface area contributed by atoms with Gasteiger partial charge >= 0.3 is 0 Å². The highest BCUT2D eigenvalue weighted by molar-refractivity contribution is 5.54. The van der Waals surface area contributed by atoms with E-state index >= 15 is 0 Å². The second-order valence-electron chi connectivity index (χ2n) is 15.3. The first-order chi connectivity index (χ1) is 18.7. The molecule has 9 atom stereocenters. The summed E-state index contributed by atoms with van der Waals surface area (Å²) in [6, 6.07) is 5.88. The van der Waals surface area contributed by atoms with E-state index in [0.717, 1.165) is 72.9 Å². The van der Waals surface area contributed by atoms with Crippen molar-refractivity contribution < 1.29 is 4.74 Å². The topological polar surface area (TPSA) is 61.3 Å². The van der Waals surface area contributed by atoms with Crippen molar-refractivity contribution in [3.05, 3.63) is 23.8 Å². The SMILES string of the molecule is CC(CCC[C@@H](C)[C@H]1CC[C@H]2[C@@H]3CCC4CCCC[C@]4(C)[C@H]3CC[C@]12C)COCCCc1cc(N)cc(N)c1. The maximum Gasteiger partial charge on any atom is 0.0491 e. The van der Waals surface area contributed by atoms with E-state index in [-0.39, 0.29) is 0 Å². The van der Waals surface area contributed by atoms with Crippen molar-refractivity contribution >= 4 is 11.4 Å². The molecule has 4 aliphatic rings. The zero-order valence-corrected chi connectivity index (χ0v) is 25.9. The highest BCUT2D eigenvalue weighted by Crippen LogP contribution is 2.68. The molecule has 0 amide bonds. The number of nitrogen functional groups attached to an aromatic ring is 2. The lowest BCUT2D eigenvalue weighted by Gasteiger charge is -2.61. The summed E-state index contributed by atoms with van der Waals surface area (Å²) in [6.45, 7) is 12.2. The van der Waals surface area contributed by atoms with E-state index in [2.05, 4.69) is 27.7 Å². The Hall–Kier alpha value is -1.22. The van der Waals surface area contributed by atoms with Gasteiger partial charge in [-0.2, -0.15) is 0 Å². The van der Waals surface area contributed by atoms with Crippen LogP contribution in [0.2, 0.25) is 0 Å². The second-order valence-corrected chi connectivity index (χ2v) is 15.3. The Morgan fingerprint density at radius 3 is 2.38 bits per heavy atom. The first-order valence-electron chi connectivity index (χ1n) is 16.9. The first kappa shape index (κ1) is 29.3. The molecule has 4 fully saturated rings. The van der Waals surface area contributed by atoms with E-state index in [4.69, 9.17) is 16.2 Å². The Bertz CT molecular complexity index is 926. The summed E-state index contributed by atoms with van der Waals surface area (Å²) in [5, 5.41) is 0. The van der Waals surface area contributed by atoms with Crippen LogP contribution in [0.15, 0.2) is 18.2 Å². The quantitative estimate of drug-likeness (QED) is 0.219. The predicted molar refractivity (Wildman–Crippen MR) is 166 cm³/mol. The molecule has 0 aliphatic heterocycles. The minimum absolute atomic E-state index is 0.612. The fourth-order valence-corrected chi connectivity index (χ4v) is 10.9. The smallest absolute Gasteiger partial charge is 0.0491 e. The molecule has 4 saturated carbocycles. The largest absolute Gasteiger partial charge is 0.399 e. The van der Waals surface area contributed by atoms with Crippen molar-refractivity contribution in [1.82, 2.24) is 0 Å². The molecular weight excluding hydrogens is 476 g/mol. The zero-order valence-electron chi connectivity index (χ0n) is 25.9. The molecule has 3 nitrogen and oxygen atoms in total. The molecular formula is C36H60N2O. The van der Waals surface area contributed by atoms with Crippen molar-refractivity contribution in [2.24, 2.45) is 52.3 Å². The normalized spacial score (nSPS) is 37.5. The molecule has 0 spiro atoms. The Morgan fingerprint density at radius 2 is 1.59 bits per heavy atom. The van der Waals surface area contributed by atoms with E-state index in [9.17, 15) is 0 Å². The third-order valence-electron chi connectivity index (χ3n) is 12.9. The van der Waals surface area contributed by atoms with Crippen LogP contribution in [0.3, 0.4) is 0 Å². The summed E-state index contributed by atoms with van der Waals surface area (Å²) in [4.78, 5) is 0. The number of anilines is 2. The Labute approximate surface area is 240 Å². The maximum absolute atomic E-state index is 6.06. The third kappa shape index (κ3) is 6.19. The van der Waals surface area contributed by atoms with Crippen LogP contribution in [-0.2, 0) is 11.2 Å². The van der Waals surface area contributed by atoms with Crippen molar-refractivity contribution in [2.45, 2.75) is 124 Å². The summed E-state index contributed by atoms with van der Waals surface area (Å²) in [5.41, 5.74) is 15.8. The molecule has 0 bridgehead atoms. The number of fused-ring (bicyclic) bond motifs is 5. The van der Waals surface area contributed by atoms with Gasteiger partial charge in [-0.1, -0.05) is 53.4 Å². The van der Waals surface area contributed by atoms with Gasteiger partial charge in [0.1, 0.15) is 0 Å². The summed E-state index contributed by atoms with van der Waals surface area (Å²) in [5.74, 6) is 6.60. The number of hydrogen-bond donors (Lipinski definition) is 2. The molecule has 220 valence electrons. The van der Waals surface area contributed by atoms with Gasteiger partial charge < -0.3 is 16.2 Å². The van der Waals surface area contributed by atoms with Crippen LogP contribution in [0, 0.1) is 52.3 Å². The molecule has 4 N–H and O–H groups in total. The lowest BCUT2D eigenvalue weighted by atomic mass is 9.44. The van der Waals surface area contributed by atoms with E-state index in [1.54, 1.807) is 12.8 Å². The van der Waals surface area contributed by atoms with Gasteiger partial charge in [-0.25, -0.2) is 0 Å². The first-order valence-corrected chi connectivity index (χ1v) is 16.9. The van der Waals surface area contributed by atoms with Crippen LogP contribution < -0.4 is 11.5 Å². The molecule has 1 aromatic carbocycles. The van der Waals surface area contributed by atoms with Gasteiger partial charge in [0.25, 0.3) is 0 Å². The molecule has 3 heteroatoms. The monoisotopic (exact) mass is 536 g/mol. The lowest BCUT2D eigenvalue weighted by molar-refractivity contribution is -0.114. The molecule has 1 aromatic rings. The number of rotatable bonds is 11. The lowest BCUT2D eigenvalue weighted by Crippen LogP contribution is -2.53. The van der Waals surface area contributed by atoms with Crippen LogP contribution in [0.25, 0.3) is 0 Å². The van der Waals surface area contributed by atoms with E-state index in [1.165, 1.54) is 76.2 Å². The summed E-state index contributed by atoms with van der Waals surface area (Å²) in [7, 11) is 0. The van der Waals surface area contributed by atoms with Gasteiger partial charge in [0, 0.05) is 24.6 Å². The van der Waals surface area contributed by atoms with Gasteiger partial charge in [-0.15, -0.1) is 0 Å². The molecule has 0 aromatic heterocycles. The van der Waals surface area contributed by atoms with Gasteiger partial charge in [0.15, 0.2) is 0 Å². The number of ether oxygens (including phenoxy) is 1. The van der Waals surface area contributed by atoms with Crippen molar-refractivity contribution in [3.8, 4) is 0 Å². The van der Waals surface area contributed by atoms with Gasteiger partial charge in [-0.3, -0.25) is 0 Å². The summed E-state index contributed by atoms with van der Waals surface area (Å²) < 4.78 is 6.06. The second kappa shape index (κ2) is 12.3. The minimum Gasteiger partial charge on any atom is -0.399 e. The molecule has 0 heterocycles. The van der Waals surface area contributed by atoms with Crippen LogP contribution in [0.1, 0.15) is 123 Å². The van der Waals surface area contributed by atoms with E-state index < -0.39 is 0 Å². The Morgan fingerprint density at radius 1 is 0.821 bits per heavy atom. The number of hydrogen-bond acceptors (Lipinski definition) is 3. The van der Waals surface area contributed by atoms with Crippen LogP contribution >= 0.6 is 0 Å². The summed E-state index contributed by atoms with van der Waals surface area (Å²) in [6.07, 6.45) is 21.3. The highest BCUT2D eigenvalue weighted by atomic mass is 16.5. The Kier molecular flexibility index (Phi) is 9.26. The number of aryl methyl sites for hydroxylation is 1. The van der Waals surface area contributed by atoms with Gasteiger partial charge in [0.05, 0.1) is 0 Å². The third-order valence-corrected chi connectivity index (χ3v) is 12.9. The van der Waals surface area contributed by atoms with Crippen molar-refractivity contribution in [1.29, 1.82) is 0 Å². The maximum atomic E-state index is 6.06. The van der Waals surface area contributed by atoms with Crippen LogP contribution in [0.5, 0.6) is 0 Å². The van der Waals surface area contributed by atoms with Gasteiger partial charge in [0.2, 0.25) is 0 Å². The minimum atomic E-state index is 0.612. The molecule has 0 radical (unpaired) electrons.